The highest BCUT2D eigenvalue weighted by Gasteiger charge is 2.16. The molecule has 0 atom stereocenters. The van der Waals surface area contributed by atoms with Crippen LogP contribution in [0.3, 0.4) is 0 Å². The number of hydrogen-bond acceptors (Lipinski definition) is 3. The van der Waals surface area contributed by atoms with Gasteiger partial charge in [0, 0.05) is 45.2 Å². The van der Waals surface area contributed by atoms with E-state index in [4.69, 9.17) is 15.0 Å². The second kappa shape index (κ2) is 10.2. The third-order valence-corrected chi connectivity index (χ3v) is 8.61. The zero-order valence-electron chi connectivity index (χ0n) is 24.3. The first-order valence-electron chi connectivity index (χ1n) is 15.1. The molecule has 9 rings (SSSR count). The van der Waals surface area contributed by atoms with Gasteiger partial charge in [-0.1, -0.05) is 115 Å². The second-order valence-electron chi connectivity index (χ2n) is 11.4. The Morgan fingerprint density at radius 2 is 1.13 bits per heavy atom. The van der Waals surface area contributed by atoms with E-state index in [1.54, 1.807) is 0 Å². The van der Waals surface area contributed by atoms with Crippen molar-refractivity contribution in [3.63, 3.8) is 0 Å². The highest BCUT2D eigenvalue weighted by atomic mass is 15.0. The number of imidazole rings is 1. The molecule has 0 saturated carbocycles. The summed E-state index contributed by atoms with van der Waals surface area (Å²) in [6.45, 7) is 0. The molecule has 0 unspecified atom stereocenters. The first-order chi connectivity index (χ1) is 22.3. The maximum absolute atomic E-state index is 5.28. The lowest BCUT2D eigenvalue weighted by atomic mass is 9.95. The minimum Gasteiger partial charge on any atom is -0.306 e. The van der Waals surface area contributed by atoms with Gasteiger partial charge in [0.15, 0.2) is 0 Å². The minimum absolute atomic E-state index is 0.943. The van der Waals surface area contributed by atoms with E-state index >= 15 is 0 Å². The van der Waals surface area contributed by atoms with Gasteiger partial charge >= 0.3 is 0 Å². The Hall–Kier alpha value is -6.13. The summed E-state index contributed by atoms with van der Waals surface area (Å²) < 4.78 is 2.05. The van der Waals surface area contributed by atoms with Crippen LogP contribution < -0.4 is 0 Å². The maximum Gasteiger partial charge on any atom is 0.137 e. The Morgan fingerprint density at radius 1 is 0.444 bits per heavy atom. The average molecular weight is 575 g/mol. The molecular formula is C41H26N4. The van der Waals surface area contributed by atoms with Gasteiger partial charge in [-0.3, -0.25) is 0 Å². The highest BCUT2D eigenvalue weighted by Crippen LogP contribution is 2.39. The Labute approximate surface area is 259 Å². The van der Waals surface area contributed by atoms with Gasteiger partial charge in [-0.05, 0) is 46.8 Å². The standard InChI is InChI=1S/C41H26N4/c1-3-9-28(10-4-1)35-22-19-31-18-21-33-34-25-32(27-14-16-29(17-15-27)37-26-45-24-8-7-13-38(45)42-37)20-23-36(34)44-40(39(33)41(31)43-35)30-11-5-2-6-12-30/h1-26H. The van der Waals surface area contributed by atoms with Gasteiger partial charge in [-0.2, -0.15) is 0 Å². The molecule has 0 amide bonds. The molecule has 0 radical (unpaired) electrons. The van der Waals surface area contributed by atoms with Crippen LogP contribution in [0, 0.1) is 0 Å². The lowest BCUT2D eigenvalue weighted by Crippen LogP contribution is -1.94. The van der Waals surface area contributed by atoms with Crippen LogP contribution in [0.5, 0.6) is 0 Å². The summed E-state index contributed by atoms with van der Waals surface area (Å²) in [5.41, 5.74) is 11.3. The van der Waals surface area contributed by atoms with Gasteiger partial charge in [-0.15, -0.1) is 0 Å². The summed E-state index contributed by atoms with van der Waals surface area (Å²) in [5.74, 6) is 0. The summed E-state index contributed by atoms with van der Waals surface area (Å²) in [4.78, 5) is 15.3. The molecule has 0 aliphatic carbocycles. The smallest absolute Gasteiger partial charge is 0.137 e. The molecule has 9 aromatic rings. The van der Waals surface area contributed by atoms with Crippen molar-refractivity contribution in [2.45, 2.75) is 0 Å². The number of hydrogen-bond donors (Lipinski definition) is 0. The number of nitrogens with zero attached hydrogens (tertiary/aromatic N) is 4. The number of pyridine rings is 3. The van der Waals surface area contributed by atoms with Gasteiger partial charge < -0.3 is 4.40 Å². The lowest BCUT2D eigenvalue weighted by Gasteiger charge is -2.14. The van der Waals surface area contributed by atoms with Crippen molar-refractivity contribution in [1.29, 1.82) is 0 Å². The molecule has 45 heavy (non-hydrogen) atoms. The fourth-order valence-electron chi connectivity index (χ4n) is 6.34. The Balaban J connectivity index is 1.23. The van der Waals surface area contributed by atoms with Crippen LogP contribution in [0.1, 0.15) is 0 Å². The maximum atomic E-state index is 5.28. The zero-order valence-corrected chi connectivity index (χ0v) is 24.3. The molecule has 0 spiro atoms. The Morgan fingerprint density at radius 3 is 1.93 bits per heavy atom. The molecule has 0 aliphatic rings. The minimum atomic E-state index is 0.943. The van der Waals surface area contributed by atoms with Crippen LogP contribution in [0.2, 0.25) is 0 Å². The van der Waals surface area contributed by atoms with E-state index in [2.05, 4.69) is 126 Å². The third kappa shape index (κ3) is 4.35. The van der Waals surface area contributed by atoms with E-state index in [0.717, 1.165) is 83.1 Å². The van der Waals surface area contributed by atoms with Crippen molar-refractivity contribution in [2.75, 3.05) is 0 Å². The summed E-state index contributed by atoms with van der Waals surface area (Å²) in [5, 5.41) is 4.43. The molecule has 4 nitrogen and oxygen atoms in total. The first-order valence-corrected chi connectivity index (χ1v) is 15.1. The van der Waals surface area contributed by atoms with Crippen LogP contribution >= 0.6 is 0 Å². The van der Waals surface area contributed by atoms with E-state index in [9.17, 15) is 0 Å². The summed E-state index contributed by atoms with van der Waals surface area (Å²) in [7, 11) is 0. The predicted octanol–water partition coefficient (Wildman–Crippen LogP) is 10.3. The average Bonchev–Trinajstić information content (AvgIpc) is 3.56. The first kappa shape index (κ1) is 25.4. The molecule has 0 saturated heterocycles. The normalized spacial score (nSPS) is 11.6. The van der Waals surface area contributed by atoms with Crippen molar-refractivity contribution in [3.05, 3.63) is 158 Å². The topological polar surface area (TPSA) is 43.1 Å². The molecule has 0 aliphatic heterocycles. The molecule has 210 valence electrons. The Bertz CT molecular complexity index is 2480. The Kier molecular flexibility index (Phi) is 5.78. The molecule has 4 heterocycles. The highest BCUT2D eigenvalue weighted by molar-refractivity contribution is 6.20. The number of rotatable bonds is 4. The predicted molar refractivity (Wildman–Crippen MR) is 185 cm³/mol. The zero-order chi connectivity index (χ0) is 29.7. The van der Waals surface area contributed by atoms with Crippen molar-refractivity contribution >= 4 is 38.2 Å². The fourth-order valence-corrected chi connectivity index (χ4v) is 6.34. The van der Waals surface area contributed by atoms with E-state index < -0.39 is 0 Å². The van der Waals surface area contributed by atoms with Gasteiger partial charge in [0.2, 0.25) is 0 Å². The van der Waals surface area contributed by atoms with Gasteiger partial charge in [0.05, 0.1) is 28.1 Å². The summed E-state index contributed by atoms with van der Waals surface area (Å²) in [6.07, 6.45) is 4.10. The van der Waals surface area contributed by atoms with Gasteiger partial charge in [0.1, 0.15) is 5.65 Å². The second-order valence-corrected chi connectivity index (χ2v) is 11.4. The largest absolute Gasteiger partial charge is 0.306 e. The van der Waals surface area contributed by atoms with Crippen molar-refractivity contribution in [3.8, 4) is 44.9 Å². The SMILES string of the molecule is c1ccc(-c2ccc3ccc4c5cc(-c6ccc(-c7cn8ccccc8n7)cc6)ccc5nc(-c5ccccc5)c4c3n2)cc1. The van der Waals surface area contributed by atoms with Crippen molar-refractivity contribution in [2.24, 2.45) is 0 Å². The summed E-state index contributed by atoms with van der Waals surface area (Å²) in [6, 6.07) is 50.8. The third-order valence-electron chi connectivity index (χ3n) is 8.61. The number of aromatic nitrogens is 4. The van der Waals surface area contributed by atoms with E-state index in [0.29, 0.717) is 0 Å². The van der Waals surface area contributed by atoms with Gasteiger partial charge in [0.25, 0.3) is 0 Å². The van der Waals surface area contributed by atoms with Crippen LogP contribution in [0.15, 0.2) is 158 Å². The molecular weight excluding hydrogens is 548 g/mol. The number of fused-ring (bicyclic) bond motifs is 6. The van der Waals surface area contributed by atoms with Crippen molar-refractivity contribution < 1.29 is 0 Å². The van der Waals surface area contributed by atoms with E-state index in [1.807, 2.05) is 36.5 Å². The van der Waals surface area contributed by atoms with Crippen LogP contribution in [0.25, 0.3) is 83.1 Å². The van der Waals surface area contributed by atoms with Crippen LogP contribution in [0.4, 0.5) is 0 Å². The molecule has 0 N–H and O–H groups in total. The van der Waals surface area contributed by atoms with E-state index in [-0.39, 0.29) is 0 Å². The summed E-state index contributed by atoms with van der Waals surface area (Å²) >= 11 is 0. The van der Waals surface area contributed by atoms with Gasteiger partial charge in [-0.25, -0.2) is 15.0 Å². The molecule has 0 bridgehead atoms. The van der Waals surface area contributed by atoms with E-state index in [1.165, 1.54) is 0 Å². The van der Waals surface area contributed by atoms with Crippen LogP contribution in [-0.2, 0) is 0 Å². The van der Waals surface area contributed by atoms with Crippen LogP contribution in [-0.4, -0.2) is 19.4 Å². The quantitative estimate of drug-likeness (QED) is 0.196. The monoisotopic (exact) mass is 574 g/mol. The molecule has 4 aromatic heterocycles. The van der Waals surface area contributed by atoms with Crippen molar-refractivity contribution in [1.82, 2.24) is 19.4 Å². The molecule has 5 aromatic carbocycles. The molecule has 0 fully saturated rings. The molecule has 4 heteroatoms. The number of benzene rings is 5. The fraction of sp³-hybridized carbons (Fsp3) is 0. The lowest BCUT2D eigenvalue weighted by molar-refractivity contribution is 1.19.